The van der Waals surface area contributed by atoms with Crippen LogP contribution in [0, 0.1) is 0 Å². The minimum absolute atomic E-state index is 0.0659. The largest absolute Gasteiger partial charge is 0.394 e. The van der Waals surface area contributed by atoms with Gasteiger partial charge in [0.2, 0.25) is 5.95 Å². The zero-order chi connectivity index (χ0) is 19.3. The van der Waals surface area contributed by atoms with Gasteiger partial charge in [0.05, 0.1) is 24.2 Å². The van der Waals surface area contributed by atoms with Crippen LogP contribution in [0.1, 0.15) is 17.2 Å². The molecule has 4 aromatic rings. The molecular weight excluding hydrogens is 352 g/mol. The fourth-order valence-corrected chi connectivity index (χ4v) is 3.08. The van der Waals surface area contributed by atoms with Crippen LogP contribution in [-0.2, 0) is 13.6 Å². The number of anilines is 2. The summed E-state index contributed by atoms with van der Waals surface area (Å²) in [5, 5.41) is 21.6. The Bertz CT molecular complexity index is 1050. The van der Waals surface area contributed by atoms with E-state index in [9.17, 15) is 5.11 Å². The quantitative estimate of drug-likeness (QED) is 0.461. The topological polar surface area (TPSA) is 87.9 Å². The molecule has 0 aliphatic rings. The molecule has 0 radical (unpaired) electrons. The predicted octanol–water partition coefficient (Wildman–Crippen LogP) is 3.12. The van der Waals surface area contributed by atoms with Crippen LogP contribution in [0.25, 0.3) is 11.0 Å². The van der Waals surface area contributed by atoms with Gasteiger partial charge >= 0.3 is 0 Å². The predicted molar refractivity (Wildman–Crippen MR) is 110 cm³/mol. The molecule has 1 atom stereocenters. The van der Waals surface area contributed by atoms with E-state index in [1.54, 1.807) is 10.9 Å². The van der Waals surface area contributed by atoms with Crippen molar-refractivity contribution in [1.82, 2.24) is 19.7 Å². The monoisotopic (exact) mass is 374 g/mol. The first-order valence-corrected chi connectivity index (χ1v) is 9.14. The second-order valence-electron chi connectivity index (χ2n) is 6.53. The Morgan fingerprint density at radius 3 is 2.43 bits per heavy atom. The van der Waals surface area contributed by atoms with Gasteiger partial charge in [0.15, 0.2) is 5.65 Å². The lowest BCUT2D eigenvalue weighted by atomic mass is 10.1. The minimum Gasteiger partial charge on any atom is -0.394 e. The van der Waals surface area contributed by atoms with Crippen molar-refractivity contribution in [3.05, 3.63) is 78.0 Å². The summed E-state index contributed by atoms with van der Waals surface area (Å²) in [6.45, 7) is 0.576. The van der Waals surface area contributed by atoms with Gasteiger partial charge < -0.3 is 15.7 Å². The maximum atomic E-state index is 9.84. The van der Waals surface area contributed by atoms with E-state index in [0.717, 1.165) is 22.2 Å². The molecule has 0 amide bonds. The fourth-order valence-electron chi connectivity index (χ4n) is 3.08. The summed E-state index contributed by atoms with van der Waals surface area (Å²) in [4.78, 5) is 9.24. The lowest BCUT2D eigenvalue weighted by Crippen LogP contribution is -2.17. The van der Waals surface area contributed by atoms with Gasteiger partial charge in [0, 0.05) is 13.6 Å². The highest BCUT2D eigenvalue weighted by Gasteiger charge is 2.15. The zero-order valence-electron chi connectivity index (χ0n) is 15.6. The molecule has 0 aliphatic heterocycles. The van der Waals surface area contributed by atoms with Crippen molar-refractivity contribution < 1.29 is 5.11 Å². The zero-order valence-corrected chi connectivity index (χ0v) is 15.6. The molecule has 2 aromatic heterocycles. The number of nitrogens with zero attached hydrogens (tertiary/aromatic N) is 4. The molecule has 0 fully saturated rings. The Hall–Kier alpha value is -3.45. The van der Waals surface area contributed by atoms with Crippen molar-refractivity contribution in [2.24, 2.45) is 7.05 Å². The normalized spacial score (nSPS) is 12.1. The van der Waals surface area contributed by atoms with Gasteiger partial charge in [-0.1, -0.05) is 60.7 Å². The van der Waals surface area contributed by atoms with Crippen molar-refractivity contribution in [3.63, 3.8) is 0 Å². The summed E-state index contributed by atoms with van der Waals surface area (Å²) in [6.07, 6.45) is 1.76. The third kappa shape index (κ3) is 3.79. The van der Waals surface area contributed by atoms with Crippen molar-refractivity contribution in [2.45, 2.75) is 12.6 Å². The summed E-state index contributed by atoms with van der Waals surface area (Å²) in [7, 11) is 1.85. The molecular formula is C21H22N6O. The summed E-state index contributed by atoms with van der Waals surface area (Å²) in [6, 6.07) is 19.6. The van der Waals surface area contributed by atoms with Gasteiger partial charge in [-0.3, -0.25) is 4.68 Å². The third-order valence-electron chi connectivity index (χ3n) is 4.58. The number of benzene rings is 2. The van der Waals surface area contributed by atoms with Crippen molar-refractivity contribution in [3.8, 4) is 0 Å². The Kier molecular flexibility index (Phi) is 5.16. The number of hydrogen-bond acceptors (Lipinski definition) is 6. The lowest BCUT2D eigenvalue weighted by Gasteiger charge is -2.17. The summed E-state index contributed by atoms with van der Waals surface area (Å²) < 4.78 is 1.71. The highest BCUT2D eigenvalue weighted by molar-refractivity contribution is 5.87. The van der Waals surface area contributed by atoms with E-state index >= 15 is 0 Å². The van der Waals surface area contributed by atoms with Gasteiger partial charge in [-0.15, -0.1) is 0 Å². The van der Waals surface area contributed by atoms with Crippen LogP contribution in [0.2, 0.25) is 0 Å². The summed E-state index contributed by atoms with van der Waals surface area (Å²) in [5.74, 6) is 1.14. The molecule has 4 rings (SSSR count). The number of fused-ring (bicyclic) bond motifs is 1. The van der Waals surface area contributed by atoms with E-state index in [4.69, 9.17) is 0 Å². The molecule has 7 nitrogen and oxygen atoms in total. The maximum Gasteiger partial charge on any atom is 0.227 e. The first-order valence-electron chi connectivity index (χ1n) is 9.14. The van der Waals surface area contributed by atoms with Crippen LogP contribution in [0.4, 0.5) is 11.8 Å². The van der Waals surface area contributed by atoms with Crippen LogP contribution in [-0.4, -0.2) is 31.5 Å². The summed E-state index contributed by atoms with van der Waals surface area (Å²) >= 11 is 0. The van der Waals surface area contributed by atoms with E-state index in [1.807, 2.05) is 55.6 Å². The van der Waals surface area contributed by atoms with Crippen molar-refractivity contribution in [1.29, 1.82) is 0 Å². The molecule has 0 unspecified atom stereocenters. The average molecular weight is 374 g/mol. The molecule has 7 heteroatoms. The Morgan fingerprint density at radius 2 is 1.71 bits per heavy atom. The highest BCUT2D eigenvalue weighted by atomic mass is 16.3. The first-order chi connectivity index (χ1) is 13.7. The van der Waals surface area contributed by atoms with E-state index in [1.165, 1.54) is 0 Å². The molecule has 2 heterocycles. The van der Waals surface area contributed by atoms with Crippen LogP contribution < -0.4 is 10.6 Å². The molecule has 142 valence electrons. The molecule has 0 saturated carbocycles. The average Bonchev–Trinajstić information content (AvgIpc) is 3.12. The Morgan fingerprint density at radius 1 is 1.00 bits per heavy atom. The van der Waals surface area contributed by atoms with Gasteiger partial charge in [-0.2, -0.15) is 15.1 Å². The first kappa shape index (κ1) is 17.9. The third-order valence-corrected chi connectivity index (χ3v) is 4.58. The Balaban J connectivity index is 1.64. The van der Waals surface area contributed by atoms with E-state index in [-0.39, 0.29) is 12.6 Å². The molecule has 28 heavy (non-hydrogen) atoms. The second-order valence-corrected chi connectivity index (χ2v) is 6.53. The van der Waals surface area contributed by atoms with Crippen LogP contribution in [0.15, 0.2) is 66.9 Å². The van der Waals surface area contributed by atoms with Crippen molar-refractivity contribution >= 4 is 22.8 Å². The van der Waals surface area contributed by atoms with Gasteiger partial charge in [-0.05, 0) is 11.1 Å². The minimum atomic E-state index is -0.297. The number of nitrogens with one attached hydrogen (secondary N) is 2. The second kappa shape index (κ2) is 8.06. The molecule has 0 aliphatic carbocycles. The van der Waals surface area contributed by atoms with Crippen LogP contribution in [0.3, 0.4) is 0 Å². The number of aryl methyl sites for hydroxylation is 1. The molecule has 0 saturated heterocycles. The maximum absolute atomic E-state index is 9.84. The van der Waals surface area contributed by atoms with E-state index < -0.39 is 0 Å². The molecule has 0 spiro atoms. The smallest absolute Gasteiger partial charge is 0.227 e. The van der Waals surface area contributed by atoms with E-state index in [2.05, 4.69) is 37.8 Å². The Labute approximate surface area is 163 Å². The van der Waals surface area contributed by atoms with E-state index in [0.29, 0.717) is 18.3 Å². The number of aromatic nitrogens is 4. The SMILES string of the molecule is Cn1ncc2c(NCc3ccccc3)nc(N[C@H](CO)c3ccccc3)nc21. The van der Waals surface area contributed by atoms with Crippen molar-refractivity contribution in [2.75, 3.05) is 17.2 Å². The number of aliphatic hydroxyl groups excluding tert-OH is 1. The van der Waals surface area contributed by atoms with Gasteiger partial charge in [-0.25, -0.2) is 0 Å². The molecule has 2 aromatic carbocycles. The molecule has 3 N–H and O–H groups in total. The summed E-state index contributed by atoms with van der Waals surface area (Å²) in [5.41, 5.74) is 2.85. The van der Waals surface area contributed by atoms with Crippen LogP contribution in [0.5, 0.6) is 0 Å². The van der Waals surface area contributed by atoms with Crippen LogP contribution >= 0.6 is 0 Å². The van der Waals surface area contributed by atoms with Gasteiger partial charge in [0.1, 0.15) is 5.82 Å². The molecule has 0 bridgehead atoms. The highest BCUT2D eigenvalue weighted by Crippen LogP contribution is 2.24. The lowest BCUT2D eigenvalue weighted by molar-refractivity contribution is 0.276. The number of hydrogen-bond donors (Lipinski definition) is 3. The number of aliphatic hydroxyl groups is 1. The van der Waals surface area contributed by atoms with Gasteiger partial charge in [0.25, 0.3) is 0 Å². The fraction of sp³-hybridized carbons (Fsp3) is 0.190. The standard InChI is InChI=1S/C21H22N6O/c1-27-20-17(13-23-27)19(22-12-15-8-4-2-5-9-15)25-21(26-20)24-18(14-28)16-10-6-3-7-11-16/h2-11,13,18,28H,12,14H2,1H3,(H2,22,24,25,26)/t18-/m1/s1. The number of rotatable bonds is 7.